The van der Waals surface area contributed by atoms with Crippen molar-refractivity contribution >= 4 is 21.6 Å². The van der Waals surface area contributed by atoms with Gasteiger partial charge in [-0.25, -0.2) is 8.42 Å². The molecule has 1 aromatic heterocycles. The minimum absolute atomic E-state index is 0.218. The average Bonchev–Trinajstić information content (AvgIpc) is 3.34. The van der Waals surface area contributed by atoms with Gasteiger partial charge in [0.2, 0.25) is 0 Å². The van der Waals surface area contributed by atoms with Crippen LogP contribution in [0, 0.1) is 13.8 Å². The van der Waals surface area contributed by atoms with E-state index in [1.165, 1.54) is 6.07 Å². The maximum atomic E-state index is 12.9. The zero-order chi connectivity index (χ0) is 23.4. The van der Waals surface area contributed by atoms with Gasteiger partial charge >= 0.3 is 0 Å². The molecule has 0 saturated heterocycles. The second-order valence-electron chi connectivity index (χ2n) is 7.81. The molecule has 1 heterocycles. The molecule has 0 radical (unpaired) electrons. The molecule has 3 N–H and O–H groups in total. The van der Waals surface area contributed by atoms with Crippen molar-refractivity contribution < 1.29 is 13.2 Å². The number of hydrogen-bond acceptors (Lipinski definition) is 4. The van der Waals surface area contributed by atoms with Crippen LogP contribution in [0.2, 0.25) is 0 Å². The third kappa shape index (κ3) is 5.30. The summed E-state index contributed by atoms with van der Waals surface area (Å²) in [6.07, 6.45) is 1.69. The lowest BCUT2D eigenvalue weighted by molar-refractivity contribution is 0.0951. The van der Waals surface area contributed by atoms with Crippen LogP contribution in [-0.2, 0) is 16.6 Å². The van der Waals surface area contributed by atoms with Crippen LogP contribution in [0.25, 0.3) is 11.3 Å². The van der Waals surface area contributed by atoms with Crippen LogP contribution in [0.1, 0.15) is 27.0 Å². The molecule has 8 heteroatoms. The third-order valence-corrected chi connectivity index (χ3v) is 6.75. The summed E-state index contributed by atoms with van der Waals surface area (Å²) in [5.41, 5.74) is 5.07. The van der Waals surface area contributed by atoms with Gasteiger partial charge in [-0.1, -0.05) is 42.5 Å². The Morgan fingerprint density at radius 2 is 1.76 bits per heavy atom. The van der Waals surface area contributed by atoms with Gasteiger partial charge in [0.25, 0.3) is 15.9 Å². The molecule has 0 aliphatic heterocycles. The minimum Gasteiger partial charge on any atom is -0.348 e. The van der Waals surface area contributed by atoms with Gasteiger partial charge < -0.3 is 5.32 Å². The van der Waals surface area contributed by atoms with E-state index in [1.807, 2.05) is 43.3 Å². The van der Waals surface area contributed by atoms with Crippen LogP contribution < -0.4 is 10.0 Å². The number of rotatable bonds is 7. The molecule has 33 heavy (non-hydrogen) atoms. The van der Waals surface area contributed by atoms with Crippen molar-refractivity contribution in [1.29, 1.82) is 0 Å². The molecule has 0 saturated carbocycles. The van der Waals surface area contributed by atoms with Crippen LogP contribution in [-0.4, -0.2) is 24.5 Å². The maximum absolute atomic E-state index is 12.9. The predicted molar refractivity (Wildman–Crippen MR) is 128 cm³/mol. The number of nitrogens with zero attached hydrogens (tertiary/aromatic N) is 1. The van der Waals surface area contributed by atoms with Gasteiger partial charge in [0.1, 0.15) is 0 Å². The van der Waals surface area contributed by atoms with E-state index in [1.54, 1.807) is 43.5 Å². The number of amides is 1. The molecule has 0 atom stereocenters. The van der Waals surface area contributed by atoms with Gasteiger partial charge in [-0.2, -0.15) is 5.10 Å². The highest BCUT2D eigenvalue weighted by Crippen LogP contribution is 2.21. The van der Waals surface area contributed by atoms with Crippen LogP contribution in [0.5, 0.6) is 0 Å². The maximum Gasteiger partial charge on any atom is 0.262 e. The smallest absolute Gasteiger partial charge is 0.262 e. The normalized spacial score (nSPS) is 11.2. The van der Waals surface area contributed by atoms with Crippen molar-refractivity contribution in [2.24, 2.45) is 0 Å². The van der Waals surface area contributed by atoms with Crippen molar-refractivity contribution in [2.45, 2.75) is 25.3 Å². The zero-order valence-corrected chi connectivity index (χ0v) is 19.1. The molecule has 0 bridgehead atoms. The first-order valence-electron chi connectivity index (χ1n) is 10.4. The van der Waals surface area contributed by atoms with Crippen LogP contribution >= 0.6 is 0 Å². The van der Waals surface area contributed by atoms with Crippen LogP contribution in [0.3, 0.4) is 0 Å². The summed E-state index contributed by atoms with van der Waals surface area (Å²) >= 11 is 0. The fourth-order valence-corrected chi connectivity index (χ4v) is 4.81. The topological polar surface area (TPSA) is 104 Å². The molecule has 0 aliphatic carbocycles. The molecule has 3 aromatic carbocycles. The Kier molecular flexibility index (Phi) is 6.28. The summed E-state index contributed by atoms with van der Waals surface area (Å²) in [5.74, 6) is -0.291. The first kappa shape index (κ1) is 22.3. The number of aromatic nitrogens is 2. The molecule has 0 aliphatic rings. The van der Waals surface area contributed by atoms with Crippen molar-refractivity contribution in [1.82, 2.24) is 15.5 Å². The Morgan fingerprint density at radius 1 is 0.970 bits per heavy atom. The van der Waals surface area contributed by atoms with Crippen LogP contribution in [0.15, 0.2) is 83.9 Å². The minimum atomic E-state index is -3.78. The summed E-state index contributed by atoms with van der Waals surface area (Å²) in [7, 11) is -3.78. The summed E-state index contributed by atoms with van der Waals surface area (Å²) < 4.78 is 28.3. The second kappa shape index (κ2) is 9.30. The molecule has 0 spiro atoms. The number of carbonyl (C=O) groups excluding carboxylic acids is 1. The quantitative estimate of drug-likeness (QED) is 0.380. The molecule has 4 aromatic rings. The molecular formula is C25H24N4O3S. The van der Waals surface area contributed by atoms with E-state index < -0.39 is 10.0 Å². The lowest BCUT2D eigenvalue weighted by Gasteiger charge is -2.12. The van der Waals surface area contributed by atoms with Gasteiger partial charge in [-0.15, -0.1) is 0 Å². The Labute approximate surface area is 192 Å². The van der Waals surface area contributed by atoms with Crippen molar-refractivity contribution in [3.05, 3.63) is 101 Å². The van der Waals surface area contributed by atoms with Gasteiger partial charge in [0.05, 0.1) is 10.6 Å². The summed E-state index contributed by atoms with van der Waals surface area (Å²) in [6.45, 7) is 3.94. The summed E-state index contributed by atoms with van der Waals surface area (Å²) in [5, 5.41) is 9.73. The molecule has 168 valence electrons. The first-order valence-corrected chi connectivity index (χ1v) is 11.9. The number of H-pyrrole nitrogens is 1. The third-order valence-electron chi connectivity index (χ3n) is 5.23. The van der Waals surface area contributed by atoms with E-state index in [0.717, 1.165) is 22.4 Å². The van der Waals surface area contributed by atoms with E-state index in [0.29, 0.717) is 23.4 Å². The molecule has 7 nitrogen and oxygen atoms in total. The van der Waals surface area contributed by atoms with E-state index in [2.05, 4.69) is 20.2 Å². The lowest BCUT2D eigenvalue weighted by Crippen LogP contribution is -2.23. The first-order chi connectivity index (χ1) is 15.8. The highest BCUT2D eigenvalue weighted by molar-refractivity contribution is 7.92. The van der Waals surface area contributed by atoms with E-state index in [9.17, 15) is 13.2 Å². The van der Waals surface area contributed by atoms with E-state index in [-0.39, 0.29) is 10.8 Å². The number of aromatic amines is 1. The van der Waals surface area contributed by atoms with E-state index >= 15 is 0 Å². The van der Waals surface area contributed by atoms with Crippen molar-refractivity contribution in [3.8, 4) is 11.3 Å². The molecule has 1 amide bonds. The lowest BCUT2D eigenvalue weighted by atomic mass is 10.1. The van der Waals surface area contributed by atoms with Gasteiger partial charge in [0, 0.05) is 24.0 Å². The Hall–Kier alpha value is -3.91. The number of nitrogens with one attached hydrogen (secondary N) is 3. The number of hydrogen-bond donors (Lipinski definition) is 3. The van der Waals surface area contributed by atoms with Gasteiger partial charge in [0.15, 0.2) is 0 Å². The summed E-state index contributed by atoms with van der Waals surface area (Å²) in [4.78, 5) is 12.9. The standard InChI is InChI=1S/C25H24N4O3S/c1-17-6-7-18(2)24(14-17)33(31,32)29-22-5-3-4-21(15-22)25(30)26-16-19-8-10-20(11-9-19)23-12-13-27-28-23/h3-15,29H,16H2,1-2H3,(H,26,30)(H,27,28). The highest BCUT2D eigenvalue weighted by Gasteiger charge is 2.18. The molecule has 0 unspecified atom stereocenters. The average molecular weight is 461 g/mol. The monoisotopic (exact) mass is 460 g/mol. The number of benzene rings is 3. The number of aryl methyl sites for hydroxylation is 2. The highest BCUT2D eigenvalue weighted by atomic mass is 32.2. The SMILES string of the molecule is Cc1ccc(C)c(S(=O)(=O)Nc2cccc(C(=O)NCc3ccc(-c4ccn[nH]4)cc3)c2)c1. The Balaban J connectivity index is 1.43. The van der Waals surface area contributed by atoms with Gasteiger partial charge in [-0.05, 0) is 66.4 Å². The largest absolute Gasteiger partial charge is 0.348 e. The molecule has 4 rings (SSSR count). The van der Waals surface area contributed by atoms with Crippen LogP contribution in [0.4, 0.5) is 5.69 Å². The number of anilines is 1. The second-order valence-corrected chi connectivity index (χ2v) is 9.46. The van der Waals surface area contributed by atoms with Crippen molar-refractivity contribution in [2.75, 3.05) is 4.72 Å². The van der Waals surface area contributed by atoms with Gasteiger partial charge in [-0.3, -0.25) is 14.6 Å². The Bertz CT molecular complexity index is 1380. The zero-order valence-electron chi connectivity index (χ0n) is 18.3. The number of sulfonamides is 1. The molecule has 0 fully saturated rings. The van der Waals surface area contributed by atoms with E-state index in [4.69, 9.17) is 0 Å². The Morgan fingerprint density at radius 3 is 2.48 bits per heavy atom. The fraction of sp³-hybridized carbons (Fsp3) is 0.120. The fourth-order valence-electron chi connectivity index (χ4n) is 3.43. The summed E-state index contributed by atoms with van der Waals surface area (Å²) in [6, 6.07) is 21.4. The predicted octanol–water partition coefficient (Wildman–Crippen LogP) is 4.42. The number of carbonyl (C=O) groups is 1. The van der Waals surface area contributed by atoms with Crippen molar-refractivity contribution in [3.63, 3.8) is 0 Å². The molecular weight excluding hydrogens is 436 g/mol.